The first kappa shape index (κ1) is 17.8. The summed E-state index contributed by atoms with van der Waals surface area (Å²) < 4.78 is 55.9. The molecule has 120 valence electrons. The van der Waals surface area contributed by atoms with Crippen molar-refractivity contribution in [2.75, 3.05) is 6.54 Å². The summed E-state index contributed by atoms with van der Waals surface area (Å²) in [5.41, 5.74) is 5.54. The summed E-state index contributed by atoms with van der Waals surface area (Å²) in [5, 5.41) is 0. The predicted octanol–water partition coefficient (Wildman–Crippen LogP) is 2.08. The van der Waals surface area contributed by atoms with Gasteiger partial charge >= 0.3 is 6.61 Å². The summed E-state index contributed by atoms with van der Waals surface area (Å²) in [7, 11) is -3.97. The third-order valence-corrected chi connectivity index (χ3v) is 4.43. The second-order valence-corrected chi connectivity index (χ2v) is 6.20. The van der Waals surface area contributed by atoms with Gasteiger partial charge in [-0.3, -0.25) is 0 Å². The van der Waals surface area contributed by atoms with Gasteiger partial charge in [-0.15, -0.1) is 0 Å². The van der Waals surface area contributed by atoms with Crippen LogP contribution in [0.1, 0.15) is 26.2 Å². The average molecular weight is 322 g/mol. The number of rotatable bonds is 9. The fourth-order valence-electron chi connectivity index (χ4n) is 1.82. The molecule has 5 nitrogen and oxygen atoms in total. The molecule has 0 amide bonds. The van der Waals surface area contributed by atoms with E-state index in [9.17, 15) is 17.2 Å². The number of nitrogens with one attached hydrogen (secondary N) is 1. The smallest absolute Gasteiger partial charge is 0.387 e. The first-order chi connectivity index (χ1) is 9.90. The van der Waals surface area contributed by atoms with Crippen LogP contribution in [0.5, 0.6) is 5.75 Å². The molecule has 0 heterocycles. The van der Waals surface area contributed by atoms with Crippen LogP contribution in [0.3, 0.4) is 0 Å². The highest BCUT2D eigenvalue weighted by molar-refractivity contribution is 7.89. The van der Waals surface area contributed by atoms with Gasteiger partial charge in [0.05, 0.1) is 0 Å². The molecule has 1 aromatic rings. The summed E-state index contributed by atoms with van der Waals surface area (Å²) in [6, 6.07) is 4.83. The molecule has 0 bridgehead atoms. The van der Waals surface area contributed by atoms with Crippen molar-refractivity contribution in [2.45, 2.75) is 43.7 Å². The van der Waals surface area contributed by atoms with Crippen molar-refractivity contribution in [2.24, 2.45) is 5.73 Å². The van der Waals surface area contributed by atoms with Gasteiger partial charge in [0.25, 0.3) is 0 Å². The first-order valence-corrected chi connectivity index (χ1v) is 8.15. The molecule has 1 unspecified atom stereocenters. The van der Waals surface area contributed by atoms with Crippen molar-refractivity contribution in [1.29, 1.82) is 0 Å². The molecule has 0 saturated heterocycles. The Kier molecular flexibility index (Phi) is 7.00. The molecule has 1 atom stereocenters. The fraction of sp³-hybridized carbons (Fsp3) is 0.538. The van der Waals surface area contributed by atoms with Crippen molar-refractivity contribution in [1.82, 2.24) is 4.72 Å². The van der Waals surface area contributed by atoms with Crippen LogP contribution in [0.25, 0.3) is 0 Å². The zero-order valence-electron chi connectivity index (χ0n) is 11.8. The number of alkyl halides is 2. The molecule has 8 heteroatoms. The minimum absolute atomic E-state index is 0.136. The van der Waals surface area contributed by atoms with Gasteiger partial charge < -0.3 is 10.5 Å². The van der Waals surface area contributed by atoms with Crippen LogP contribution in [0.4, 0.5) is 8.78 Å². The summed E-state index contributed by atoms with van der Waals surface area (Å²) in [4.78, 5) is -0.319. The van der Waals surface area contributed by atoms with Gasteiger partial charge in [0, 0.05) is 12.6 Å². The lowest BCUT2D eigenvalue weighted by Crippen LogP contribution is -2.40. The van der Waals surface area contributed by atoms with Gasteiger partial charge in [0.15, 0.2) is 0 Å². The molecule has 0 radical (unpaired) electrons. The molecule has 0 aliphatic heterocycles. The first-order valence-electron chi connectivity index (χ1n) is 6.67. The van der Waals surface area contributed by atoms with E-state index in [1.54, 1.807) is 0 Å². The lowest BCUT2D eigenvalue weighted by Gasteiger charge is -2.18. The molecule has 0 aliphatic carbocycles. The third-order valence-electron chi connectivity index (χ3n) is 2.87. The van der Waals surface area contributed by atoms with Crippen LogP contribution in [0.15, 0.2) is 29.2 Å². The highest BCUT2D eigenvalue weighted by Crippen LogP contribution is 2.25. The van der Waals surface area contributed by atoms with E-state index in [4.69, 9.17) is 5.73 Å². The van der Waals surface area contributed by atoms with Crippen molar-refractivity contribution in [3.05, 3.63) is 24.3 Å². The summed E-state index contributed by atoms with van der Waals surface area (Å²) >= 11 is 0. The zero-order chi connectivity index (χ0) is 15.9. The Bertz CT molecular complexity index is 538. The molecule has 3 N–H and O–H groups in total. The van der Waals surface area contributed by atoms with Gasteiger partial charge in [-0.05, 0) is 18.6 Å². The van der Waals surface area contributed by atoms with Crippen LogP contribution in [0.2, 0.25) is 0 Å². The van der Waals surface area contributed by atoms with E-state index in [1.165, 1.54) is 24.3 Å². The average Bonchev–Trinajstić information content (AvgIpc) is 2.43. The number of unbranched alkanes of at least 4 members (excludes halogenated alkanes) is 1. The maximum absolute atomic E-state index is 12.3. The standard InChI is InChI=1S/C13H20F2N2O3S/c1-2-3-6-10(9-16)17-21(18,19)12-8-5-4-7-11(12)20-13(14)15/h4-5,7-8,10,13,17H,2-3,6,9,16H2,1H3. The van der Waals surface area contributed by atoms with Crippen LogP contribution in [-0.2, 0) is 10.0 Å². The summed E-state index contributed by atoms with van der Waals surface area (Å²) in [5.74, 6) is -0.383. The second kappa shape index (κ2) is 8.26. The second-order valence-electron chi connectivity index (χ2n) is 4.52. The molecular formula is C13H20F2N2O3S. The van der Waals surface area contributed by atoms with Gasteiger partial charge in [-0.1, -0.05) is 31.9 Å². The minimum atomic E-state index is -3.97. The third kappa shape index (κ3) is 5.56. The Morgan fingerprint density at radius 2 is 2.00 bits per heavy atom. The maximum atomic E-state index is 12.3. The van der Waals surface area contributed by atoms with E-state index in [2.05, 4.69) is 9.46 Å². The van der Waals surface area contributed by atoms with E-state index < -0.39 is 22.7 Å². The van der Waals surface area contributed by atoms with Gasteiger partial charge in [0.2, 0.25) is 10.0 Å². The highest BCUT2D eigenvalue weighted by atomic mass is 32.2. The Balaban J connectivity index is 2.96. The van der Waals surface area contributed by atoms with Crippen LogP contribution in [-0.4, -0.2) is 27.6 Å². The number of para-hydroxylation sites is 1. The normalized spacial score (nSPS) is 13.4. The minimum Gasteiger partial charge on any atom is -0.433 e. The number of ether oxygens (including phenoxy) is 1. The van der Waals surface area contributed by atoms with E-state index in [0.29, 0.717) is 6.42 Å². The zero-order valence-corrected chi connectivity index (χ0v) is 12.6. The topological polar surface area (TPSA) is 81.4 Å². The van der Waals surface area contributed by atoms with Crippen LogP contribution >= 0.6 is 0 Å². The summed E-state index contributed by atoms with van der Waals surface area (Å²) in [6.45, 7) is -0.975. The molecule has 0 aliphatic rings. The Labute approximate surface area is 123 Å². The van der Waals surface area contributed by atoms with Crippen molar-refractivity contribution in [3.8, 4) is 5.75 Å². The van der Waals surface area contributed by atoms with Crippen LogP contribution in [0, 0.1) is 0 Å². The summed E-state index contributed by atoms with van der Waals surface area (Å²) in [6.07, 6.45) is 2.31. The van der Waals surface area contributed by atoms with Gasteiger partial charge in [0.1, 0.15) is 10.6 Å². The number of halogens is 2. The molecular weight excluding hydrogens is 302 g/mol. The van der Waals surface area contributed by atoms with Crippen molar-refractivity contribution >= 4 is 10.0 Å². The maximum Gasteiger partial charge on any atom is 0.387 e. The largest absolute Gasteiger partial charge is 0.433 e. The molecule has 1 aromatic carbocycles. The SMILES string of the molecule is CCCCC(CN)NS(=O)(=O)c1ccccc1OC(F)F. The highest BCUT2D eigenvalue weighted by Gasteiger charge is 2.23. The van der Waals surface area contributed by atoms with E-state index in [-0.39, 0.29) is 17.2 Å². The molecule has 0 fully saturated rings. The van der Waals surface area contributed by atoms with Gasteiger partial charge in [-0.2, -0.15) is 8.78 Å². The van der Waals surface area contributed by atoms with Crippen molar-refractivity contribution < 1.29 is 21.9 Å². The molecule has 1 rings (SSSR count). The molecule has 21 heavy (non-hydrogen) atoms. The Morgan fingerprint density at radius 3 is 2.57 bits per heavy atom. The van der Waals surface area contributed by atoms with E-state index in [0.717, 1.165) is 12.8 Å². The monoisotopic (exact) mass is 322 g/mol. The fourth-order valence-corrected chi connectivity index (χ4v) is 3.24. The number of benzene rings is 1. The van der Waals surface area contributed by atoms with Crippen LogP contribution < -0.4 is 15.2 Å². The molecule has 0 saturated carbocycles. The quantitative estimate of drug-likeness (QED) is 0.729. The molecule has 0 aromatic heterocycles. The lowest BCUT2D eigenvalue weighted by molar-refractivity contribution is -0.0517. The van der Waals surface area contributed by atoms with Crippen molar-refractivity contribution in [3.63, 3.8) is 0 Å². The number of nitrogens with two attached hydrogens (primary N) is 1. The Morgan fingerprint density at radius 1 is 1.33 bits per heavy atom. The van der Waals surface area contributed by atoms with E-state index in [1.807, 2.05) is 6.92 Å². The molecule has 0 spiro atoms. The lowest BCUT2D eigenvalue weighted by atomic mass is 10.1. The van der Waals surface area contributed by atoms with Gasteiger partial charge in [-0.25, -0.2) is 13.1 Å². The number of sulfonamides is 1. The number of hydrogen-bond acceptors (Lipinski definition) is 4. The van der Waals surface area contributed by atoms with E-state index >= 15 is 0 Å². The number of hydrogen-bond donors (Lipinski definition) is 2. The Hall–Kier alpha value is -1.25. The predicted molar refractivity (Wildman–Crippen MR) is 75.8 cm³/mol.